The van der Waals surface area contributed by atoms with E-state index in [-0.39, 0.29) is 12.4 Å². The second-order valence-electron chi connectivity index (χ2n) is 6.18. The smallest absolute Gasteiger partial charge is 0.00928 e. The molecule has 1 aliphatic heterocycles. The molecule has 0 aromatic carbocycles. The predicted octanol–water partition coefficient (Wildman–Crippen LogP) is 5.67. The average molecular weight is 290 g/mol. The Morgan fingerprint density at radius 1 is 0.842 bits per heavy atom. The molecule has 0 aromatic heterocycles. The van der Waals surface area contributed by atoms with Crippen LogP contribution >= 0.6 is 12.4 Å². The number of unbranched alkanes of at least 4 members (excludes halogenated alkanes) is 5. The van der Waals surface area contributed by atoms with Gasteiger partial charge in [-0.05, 0) is 38.1 Å². The topological polar surface area (TPSA) is 3.24 Å². The molecule has 0 aliphatic carbocycles. The van der Waals surface area contributed by atoms with Crippen LogP contribution in [0.3, 0.4) is 0 Å². The summed E-state index contributed by atoms with van der Waals surface area (Å²) in [5.41, 5.74) is 0. The van der Waals surface area contributed by atoms with E-state index in [2.05, 4.69) is 25.7 Å². The Hall–Kier alpha value is 0.250. The van der Waals surface area contributed by atoms with E-state index >= 15 is 0 Å². The summed E-state index contributed by atoms with van der Waals surface area (Å²) in [7, 11) is 0. The summed E-state index contributed by atoms with van der Waals surface area (Å²) in [6.07, 6.45) is 14.2. The quantitative estimate of drug-likeness (QED) is 0.494. The Labute approximate surface area is 127 Å². The Bertz CT molecular complexity index is 196. The van der Waals surface area contributed by atoms with Crippen LogP contribution in [0, 0.1) is 5.92 Å². The fourth-order valence-corrected chi connectivity index (χ4v) is 3.35. The van der Waals surface area contributed by atoms with E-state index in [1.165, 1.54) is 77.3 Å². The van der Waals surface area contributed by atoms with Gasteiger partial charge in [-0.25, -0.2) is 0 Å². The molecule has 1 heterocycles. The van der Waals surface area contributed by atoms with Crippen molar-refractivity contribution in [3.8, 4) is 0 Å². The van der Waals surface area contributed by atoms with Gasteiger partial charge >= 0.3 is 0 Å². The molecule has 2 unspecified atom stereocenters. The highest BCUT2D eigenvalue weighted by Gasteiger charge is 2.25. The molecule has 0 spiro atoms. The molecule has 0 saturated carbocycles. The SMILES string of the molecule is CCCCCCCCN1CC(CC)CCC1CC.Cl. The fourth-order valence-electron chi connectivity index (χ4n) is 3.35. The molecule has 2 heteroatoms. The molecule has 0 N–H and O–H groups in total. The van der Waals surface area contributed by atoms with Crippen molar-refractivity contribution in [2.45, 2.75) is 91.0 Å². The lowest BCUT2D eigenvalue weighted by Crippen LogP contribution is -2.43. The number of hydrogen-bond acceptors (Lipinski definition) is 1. The number of hydrogen-bond donors (Lipinski definition) is 0. The Morgan fingerprint density at radius 3 is 2.16 bits per heavy atom. The van der Waals surface area contributed by atoms with E-state index in [4.69, 9.17) is 0 Å². The molecule has 0 bridgehead atoms. The predicted molar refractivity (Wildman–Crippen MR) is 89.3 cm³/mol. The maximum absolute atomic E-state index is 2.80. The highest BCUT2D eigenvalue weighted by molar-refractivity contribution is 5.85. The van der Waals surface area contributed by atoms with Crippen molar-refractivity contribution in [3.05, 3.63) is 0 Å². The summed E-state index contributed by atoms with van der Waals surface area (Å²) < 4.78 is 0. The van der Waals surface area contributed by atoms with Gasteiger partial charge in [0.05, 0.1) is 0 Å². The number of halogens is 1. The molecule has 116 valence electrons. The van der Waals surface area contributed by atoms with Crippen molar-refractivity contribution in [2.75, 3.05) is 13.1 Å². The number of rotatable bonds is 9. The molecule has 1 nitrogen and oxygen atoms in total. The molecule has 1 rings (SSSR count). The first-order valence-corrected chi connectivity index (χ1v) is 8.55. The van der Waals surface area contributed by atoms with Gasteiger partial charge in [-0.15, -0.1) is 12.4 Å². The minimum atomic E-state index is 0. The second-order valence-corrected chi connectivity index (χ2v) is 6.18. The first kappa shape index (κ1) is 19.2. The van der Waals surface area contributed by atoms with Crippen LogP contribution in [0.15, 0.2) is 0 Å². The van der Waals surface area contributed by atoms with Crippen LogP contribution in [0.1, 0.15) is 85.0 Å². The van der Waals surface area contributed by atoms with Crippen molar-refractivity contribution in [1.29, 1.82) is 0 Å². The monoisotopic (exact) mass is 289 g/mol. The fraction of sp³-hybridized carbons (Fsp3) is 1.00. The van der Waals surface area contributed by atoms with E-state index in [0.29, 0.717) is 0 Å². The summed E-state index contributed by atoms with van der Waals surface area (Å²) in [6.45, 7) is 9.76. The van der Waals surface area contributed by atoms with Crippen LogP contribution in [-0.4, -0.2) is 24.0 Å². The third kappa shape index (κ3) is 7.56. The minimum absolute atomic E-state index is 0. The van der Waals surface area contributed by atoms with E-state index < -0.39 is 0 Å². The van der Waals surface area contributed by atoms with Crippen LogP contribution in [0.5, 0.6) is 0 Å². The third-order valence-corrected chi connectivity index (χ3v) is 4.76. The Kier molecular flexibility index (Phi) is 12.2. The largest absolute Gasteiger partial charge is 0.300 e. The van der Waals surface area contributed by atoms with Gasteiger partial charge in [0.25, 0.3) is 0 Å². The lowest BCUT2D eigenvalue weighted by molar-refractivity contribution is 0.100. The number of likely N-dealkylation sites (tertiary alicyclic amines) is 1. The van der Waals surface area contributed by atoms with Gasteiger partial charge < -0.3 is 4.90 Å². The standard InChI is InChI=1S/C17H35N.ClH/c1-4-7-8-9-10-11-14-18-15-16(5-2)12-13-17(18)6-3;/h16-17H,4-15H2,1-3H3;1H. The zero-order valence-corrected chi connectivity index (χ0v) is 14.3. The number of piperidine rings is 1. The lowest BCUT2D eigenvalue weighted by atomic mass is 9.89. The summed E-state index contributed by atoms with van der Waals surface area (Å²) >= 11 is 0. The van der Waals surface area contributed by atoms with E-state index in [0.717, 1.165) is 12.0 Å². The van der Waals surface area contributed by atoms with Crippen molar-refractivity contribution in [1.82, 2.24) is 4.90 Å². The highest BCUT2D eigenvalue weighted by Crippen LogP contribution is 2.26. The first-order chi connectivity index (χ1) is 8.81. The van der Waals surface area contributed by atoms with Crippen LogP contribution in [-0.2, 0) is 0 Å². The first-order valence-electron chi connectivity index (χ1n) is 8.55. The molecule has 0 radical (unpaired) electrons. The maximum atomic E-state index is 2.80. The lowest BCUT2D eigenvalue weighted by Gasteiger charge is -2.39. The zero-order valence-electron chi connectivity index (χ0n) is 13.5. The highest BCUT2D eigenvalue weighted by atomic mass is 35.5. The Balaban J connectivity index is 0.00000324. The number of nitrogens with zero attached hydrogens (tertiary/aromatic N) is 1. The van der Waals surface area contributed by atoms with Crippen molar-refractivity contribution < 1.29 is 0 Å². The summed E-state index contributed by atoms with van der Waals surface area (Å²) in [4.78, 5) is 2.80. The summed E-state index contributed by atoms with van der Waals surface area (Å²) in [5, 5.41) is 0. The van der Waals surface area contributed by atoms with Gasteiger partial charge in [0, 0.05) is 12.6 Å². The molecule has 1 fully saturated rings. The molecule has 1 aliphatic rings. The molecule has 19 heavy (non-hydrogen) atoms. The van der Waals surface area contributed by atoms with Gasteiger partial charge in [-0.2, -0.15) is 0 Å². The third-order valence-electron chi connectivity index (χ3n) is 4.76. The normalized spacial score (nSPS) is 24.2. The zero-order chi connectivity index (χ0) is 13.2. The Morgan fingerprint density at radius 2 is 1.53 bits per heavy atom. The van der Waals surface area contributed by atoms with Crippen molar-refractivity contribution in [2.24, 2.45) is 5.92 Å². The van der Waals surface area contributed by atoms with Gasteiger partial charge in [0.15, 0.2) is 0 Å². The van der Waals surface area contributed by atoms with Crippen LogP contribution in [0.25, 0.3) is 0 Å². The maximum Gasteiger partial charge on any atom is 0.00928 e. The van der Waals surface area contributed by atoms with Crippen LogP contribution < -0.4 is 0 Å². The van der Waals surface area contributed by atoms with Crippen LogP contribution in [0.4, 0.5) is 0 Å². The molecule has 0 amide bonds. The van der Waals surface area contributed by atoms with Crippen molar-refractivity contribution in [3.63, 3.8) is 0 Å². The molecular weight excluding hydrogens is 254 g/mol. The summed E-state index contributed by atoms with van der Waals surface area (Å²) in [5.74, 6) is 0.980. The van der Waals surface area contributed by atoms with E-state index in [1.807, 2.05) is 0 Å². The minimum Gasteiger partial charge on any atom is -0.300 e. The van der Waals surface area contributed by atoms with E-state index in [1.54, 1.807) is 0 Å². The molecule has 0 aromatic rings. The van der Waals surface area contributed by atoms with Gasteiger partial charge in [0.1, 0.15) is 0 Å². The van der Waals surface area contributed by atoms with Gasteiger partial charge in [-0.1, -0.05) is 59.3 Å². The molecule has 2 atom stereocenters. The second kappa shape index (κ2) is 12.0. The van der Waals surface area contributed by atoms with Crippen molar-refractivity contribution >= 4 is 12.4 Å². The average Bonchev–Trinajstić information content (AvgIpc) is 2.42. The summed E-state index contributed by atoms with van der Waals surface area (Å²) in [6, 6.07) is 0.892. The molecule has 1 saturated heterocycles. The van der Waals surface area contributed by atoms with Crippen LogP contribution in [0.2, 0.25) is 0 Å². The van der Waals surface area contributed by atoms with E-state index in [9.17, 15) is 0 Å². The van der Waals surface area contributed by atoms with Gasteiger partial charge in [-0.3, -0.25) is 0 Å². The van der Waals surface area contributed by atoms with Gasteiger partial charge in [0.2, 0.25) is 0 Å². The molecular formula is C17H36ClN.